The van der Waals surface area contributed by atoms with Crippen LogP contribution in [-0.2, 0) is 4.74 Å². The highest BCUT2D eigenvalue weighted by Crippen LogP contribution is 2.44. The Kier molecular flexibility index (Phi) is 6.12. The second-order valence-electron chi connectivity index (χ2n) is 7.36. The fraction of sp³-hybridized carbons (Fsp3) is 0.167. The highest BCUT2D eigenvalue weighted by atomic mass is 16.6. The highest BCUT2D eigenvalue weighted by molar-refractivity contribution is 5.79. The summed E-state index contributed by atoms with van der Waals surface area (Å²) >= 11 is 0. The minimum absolute atomic E-state index is 0.0115. The minimum atomic E-state index is -0.571. The van der Waals surface area contributed by atoms with Crippen molar-refractivity contribution in [3.05, 3.63) is 93.8 Å². The lowest BCUT2D eigenvalue weighted by Gasteiger charge is -2.14. The summed E-state index contributed by atoms with van der Waals surface area (Å²) in [7, 11) is 0. The molecule has 0 saturated carbocycles. The molecule has 2 aromatic carbocycles. The van der Waals surface area contributed by atoms with Crippen LogP contribution in [-0.4, -0.2) is 29.2 Å². The number of nitrogens with one attached hydrogen (secondary N) is 1. The number of nitrogen functional groups attached to an aromatic ring is 1. The summed E-state index contributed by atoms with van der Waals surface area (Å²) in [5, 5.41) is 13.6. The van der Waals surface area contributed by atoms with E-state index in [4.69, 9.17) is 10.5 Å². The summed E-state index contributed by atoms with van der Waals surface area (Å²) in [6.45, 7) is 0.612. The number of ether oxygens (including phenoxy) is 1. The van der Waals surface area contributed by atoms with E-state index in [1.54, 1.807) is 12.2 Å². The summed E-state index contributed by atoms with van der Waals surface area (Å²) in [4.78, 5) is 26.3. The van der Waals surface area contributed by atoms with Crippen LogP contribution >= 0.6 is 0 Å². The number of nitrogens with zero attached hydrogens (tertiary/aromatic N) is 2. The van der Waals surface area contributed by atoms with Crippen LogP contribution in [0.3, 0.4) is 0 Å². The molecule has 8 heteroatoms. The first kappa shape index (κ1) is 21.0. The van der Waals surface area contributed by atoms with Gasteiger partial charge in [-0.15, -0.1) is 0 Å². The predicted octanol–water partition coefficient (Wildman–Crippen LogP) is 4.51. The normalized spacial score (nSPS) is 12.4. The number of carbonyl (C=O) groups excluding carboxylic acids is 1. The third kappa shape index (κ3) is 4.29. The molecule has 0 saturated heterocycles. The van der Waals surface area contributed by atoms with Gasteiger partial charge in [0.15, 0.2) is 0 Å². The van der Waals surface area contributed by atoms with Gasteiger partial charge in [0.1, 0.15) is 18.5 Å². The van der Waals surface area contributed by atoms with E-state index in [1.165, 1.54) is 17.3 Å². The molecule has 1 heterocycles. The zero-order valence-corrected chi connectivity index (χ0v) is 17.2. The number of aromatic nitrogens is 1. The van der Waals surface area contributed by atoms with E-state index < -0.39 is 11.0 Å². The SMILES string of the molecule is Nc1c(C=CCCNC(=O)OCC2c3ccccc3-c3ccccc32)cncc1[N+](=O)[O-]. The monoisotopic (exact) mass is 430 g/mol. The first-order valence-corrected chi connectivity index (χ1v) is 10.2. The van der Waals surface area contributed by atoms with E-state index in [0.29, 0.717) is 18.5 Å². The number of nitrogens with two attached hydrogens (primary N) is 1. The topological polar surface area (TPSA) is 120 Å². The van der Waals surface area contributed by atoms with Crippen molar-refractivity contribution < 1.29 is 14.5 Å². The van der Waals surface area contributed by atoms with Gasteiger partial charge in [-0.25, -0.2) is 4.79 Å². The van der Waals surface area contributed by atoms with Gasteiger partial charge >= 0.3 is 11.8 Å². The van der Waals surface area contributed by atoms with Gasteiger partial charge in [-0.1, -0.05) is 60.7 Å². The molecule has 1 aliphatic carbocycles. The van der Waals surface area contributed by atoms with Crippen LogP contribution in [0.2, 0.25) is 0 Å². The molecular weight excluding hydrogens is 408 g/mol. The Morgan fingerprint density at radius 1 is 1.12 bits per heavy atom. The minimum Gasteiger partial charge on any atom is -0.449 e. The average Bonchev–Trinajstić information content (AvgIpc) is 3.12. The number of alkyl carbamates (subject to hydrolysis) is 1. The number of nitro groups is 1. The van der Waals surface area contributed by atoms with Crippen molar-refractivity contribution in [2.75, 3.05) is 18.9 Å². The van der Waals surface area contributed by atoms with Crippen LogP contribution in [0, 0.1) is 10.1 Å². The standard InChI is InChI=1S/C24H22N4O4/c25-23-16(13-26-14-22(23)28(30)31)7-5-6-12-27-24(29)32-15-21-19-10-3-1-8-17(19)18-9-2-4-11-20(18)21/h1-5,7-11,13-14,21H,6,12,15H2,(H2,25,26)(H,27,29). The van der Waals surface area contributed by atoms with Crippen LogP contribution in [0.15, 0.2) is 67.0 Å². The Morgan fingerprint density at radius 2 is 1.78 bits per heavy atom. The van der Waals surface area contributed by atoms with Crippen LogP contribution in [0.4, 0.5) is 16.2 Å². The van der Waals surface area contributed by atoms with Gasteiger partial charge in [0.05, 0.1) is 4.92 Å². The summed E-state index contributed by atoms with van der Waals surface area (Å²) < 4.78 is 5.49. The lowest BCUT2D eigenvalue weighted by molar-refractivity contribution is -0.384. The predicted molar refractivity (Wildman–Crippen MR) is 122 cm³/mol. The summed E-state index contributed by atoms with van der Waals surface area (Å²) in [6.07, 6.45) is 6.00. The Labute approximate surface area is 184 Å². The van der Waals surface area contributed by atoms with E-state index in [1.807, 2.05) is 24.3 Å². The number of hydrogen-bond acceptors (Lipinski definition) is 6. The molecule has 0 bridgehead atoms. The molecule has 32 heavy (non-hydrogen) atoms. The molecule has 4 rings (SSSR count). The van der Waals surface area contributed by atoms with Crippen LogP contribution in [0.5, 0.6) is 0 Å². The molecule has 0 unspecified atom stereocenters. The number of amides is 1. The molecule has 3 aromatic rings. The number of fused-ring (bicyclic) bond motifs is 3. The van der Waals surface area contributed by atoms with Crippen molar-refractivity contribution in [1.82, 2.24) is 10.3 Å². The van der Waals surface area contributed by atoms with Gasteiger partial charge < -0.3 is 15.8 Å². The fourth-order valence-electron chi connectivity index (χ4n) is 3.87. The second kappa shape index (κ2) is 9.30. The second-order valence-corrected chi connectivity index (χ2v) is 7.36. The van der Waals surface area contributed by atoms with Crippen molar-refractivity contribution in [1.29, 1.82) is 0 Å². The molecule has 0 fully saturated rings. The molecule has 0 spiro atoms. The third-order valence-corrected chi connectivity index (χ3v) is 5.42. The van der Waals surface area contributed by atoms with Gasteiger partial charge in [0.2, 0.25) is 0 Å². The first-order chi connectivity index (χ1) is 15.6. The Morgan fingerprint density at radius 3 is 2.44 bits per heavy atom. The van der Waals surface area contributed by atoms with E-state index in [2.05, 4.69) is 34.6 Å². The van der Waals surface area contributed by atoms with E-state index in [0.717, 1.165) is 17.3 Å². The molecule has 1 aliphatic rings. The zero-order valence-electron chi connectivity index (χ0n) is 17.2. The lowest BCUT2D eigenvalue weighted by Crippen LogP contribution is -2.26. The quantitative estimate of drug-likeness (QED) is 0.323. The Balaban J connectivity index is 1.28. The van der Waals surface area contributed by atoms with Gasteiger partial charge in [0.25, 0.3) is 0 Å². The molecule has 1 aromatic heterocycles. The smallest absolute Gasteiger partial charge is 0.407 e. The van der Waals surface area contributed by atoms with Gasteiger partial charge in [0, 0.05) is 24.2 Å². The molecule has 162 valence electrons. The number of hydrogen-bond donors (Lipinski definition) is 2. The molecule has 1 amide bonds. The molecule has 3 N–H and O–H groups in total. The van der Waals surface area contributed by atoms with Crippen molar-refractivity contribution >= 4 is 23.5 Å². The van der Waals surface area contributed by atoms with Crippen molar-refractivity contribution in [3.63, 3.8) is 0 Å². The maximum absolute atomic E-state index is 12.2. The number of rotatable bonds is 7. The number of pyridine rings is 1. The molecule has 0 aliphatic heterocycles. The summed E-state index contributed by atoms with van der Waals surface area (Å²) in [5.74, 6) is 0.0115. The maximum atomic E-state index is 12.2. The van der Waals surface area contributed by atoms with E-state index in [9.17, 15) is 14.9 Å². The van der Waals surface area contributed by atoms with E-state index in [-0.39, 0.29) is 23.9 Å². The average molecular weight is 430 g/mol. The number of benzene rings is 2. The largest absolute Gasteiger partial charge is 0.449 e. The molecule has 0 radical (unpaired) electrons. The number of carbonyl (C=O) groups is 1. The van der Waals surface area contributed by atoms with Crippen molar-refractivity contribution in [2.24, 2.45) is 0 Å². The number of anilines is 1. The first-order valence-electron chi connectivity index (χ1n) is 10.2. The zero-order chi connectivity index (χ0) is 22.5. The molecule has 8 nitrogen and oxygen atoms in total. The van der Waals surface area contributed by atoms with Crippen molar-refractivity contribution in [2.45, 2.75) is 12.3 Å². The van der Waals surface area contributed by atoms with Gasteiger partial charge in [-0.2, -0.15) is 0 Å². The van der Waals surface area contributed by atoms with Crippen LogP contribution in [0.1, 0.15) is 29.0 Å². The Hall–Kier alpha value is -4.20. The fourth-order valence-corrected chi connectivity index (χ4v) is 3.87. The van der Waals surface area contributed by atoms with Gasteiger partial charge in [-0.05, 0) is 28.7 Å². The molecular formula is C24H22N4O4. The molecule has 0 atom stereocenters. The maximum Gasteiger partial charge on any atom is 0.407 e. The lowest BCUT2D eigenvalue weighted by atomic mass is 9.98. The van der Waals surface area contributed by atoms with Crippen LogP contribution < -0.4 is 11.1 Å². The van der Waals surface area contributed by atoms with Gasteiger partial charge in [-0.3, -0.25) is 15.1 Å². The highest BCUT2D eigenvalue weighted by Gasteiger charge is 2.28. The van der Waals surface area contributed by atoms with E-state index >= 15 is 0 Å². The van der Waals surface area contributed by atoms with Crippen LogP contribution in [0.25, 0.3) is 17.2 Å². The summed E-state index contributed by atoms with van der Waals surface area (Å²) in [6, 6.07) is 16.3. The third-order valence-electron chi connectivity index (χ3n) is 5.42. The summed E-state index contributed by atoms with van der Waals surface area (Å²) in [5.41, 5.74) is 10.8. The van der Waals surface area contributed by atoms with Crippen molar-refractivity contribution in [3.8, 4) is 11.1 Å². The Bertz CT molecular complexity index is 1150.